The van der Waals surface area contributed by atoms with E-state index in [9.17, 15) is 19.3 Å². The zero-order valence-corrected chi connectivity index (χ0v) is 15.6. The molecule has 0 fully saturated rings. The first-order valence-corrected chi connectivity index (χ1v) is 8.38. The molecule has 0 saturated carbocycles. The van der Waals surface area contributed by atoms with Gasteiger partial charge in [0.05, 0.1) is 24.7 Å². The van der Waals surface area contributed by atoms with Gasteiger partial charge in [-0.2, -0.15) is 0 Å². The van der Waals surface area contributed by atoms with Crippen LogP contribution in [0.4, 0.5) is 10.1 Å². The number of carbonyl (C=O) groups excluding carboxylic acids is 1. The monoisotopic (exact) mass is 426 g/mol. The predicted octanol–water partition coefficient (Wildman–Crippen LogP) is 3.83. The van der Waals surface area contributed by atoms with E-state index in [-0.39, 0.29) is 29.2 Å². The maximum Gasteiger partial charge on any atom is 0.286 e. The van der Waals surface area contributed by atoms with Gasteiger partial charge in [0.25, 0.3) is 11.6 Å². The van der Waals surface area contributed by atoms with Gasteiger partial charge in [0.15, 0.2) is 11.5 Å². The molecule has 2 aromatic carbocycles. The summed E-state index contributed by atoms with van der Waals surface area (Å²) >= 11 is 3.22. The number of nitrogens with one attached hydrogen (secondary N) is 1. The Kier molecular flexibility index (Phi) is 6.51. The normalized spacial score (nSPS) is 10.3. The van der Waals surface area contributed by atoms with Crippen LogP contribution in [0.3, 0.4) is 0 Å². The van der Waals surface area contributed by atoms with Crippen LogP contribution in [0.2, 0.25) is 0 Å². The van der Waals surface area contributed by atoms with Gasteiger partial charge >= 0.3 is 0 Å². The van der Waals surface area contributed by atoms with Crippen molar-refractivity contribution >= 4 is 27.5 Å². The first kappa shape index (κ1) is 19.6. The molecule has 0 atom stereocenters. The van der Waals surface area contributed by atoms with E-state index in [0.717, 1.165) is 6.07 Å². The predicted molar refractivity (Wildman–Crippen MR) is 96.1 cm³/mol. The van der Waals surface area contributed by atoms with E-state index in [0.29, 0.717) is 11.1 Å². The van der Waals surface area contributed by atoms with Crippen molar-refractivity contribution in [2.75, 3.05) is 13.7 Å². The number of nitro benzene ring substituents is 1. The van der Waals surface area contributed by atoms with E-state index in [2.05, 4.69) is 21.2 Å². The minimum absolute atomic E-state index is 0.128. The quantitative estimate of drug-likeness (QED) is 0.536. The Morgan fingerprint density at radius 1 is 1.31 bits per heavy atom. The van der Waals surface area contributed by atoms with Crippen molar-refractivity contribution in [2.45, 2.75) is 13.5 Å². The summed E-state index contributed by atoms with van der Waals surface area (Å²) in [5.74, 6) is -0.861. The van der Waals surface area contributed by atoms with Gasteiger partial charge in [0.2, 0.25) is 0 Å². The van der Waals surface area contributed by atoms with Crippen molar-refractivity contribution < 1.29 is 23.6 Å². The lowest BCUT2D eigenvalue weighted by Crippen LogP contribution is -2.24. The molecular weight excluding hydrogens is 411 g/mol. The number of amides is 1. The van der Waals surface area contributed by atoms with Crippen molar-refractivity contribution in [1.82, 2.24) is 5.32 Å². The van der Waals surface area contributed by atoms with E-state index in [4.69, 9.17) is 9.47 Å². The van der Waals surface area contributed by atoms with Crippen molar-refractivity contribution in [1.29, 1.82) is 0 Å². The third-order valence-electron chi connectivity index (χ3n) is 3.47. The standard InChI is InChI=1S/C17H16BrFN2O5/c1-3-26-16-7-12(14(21(23)24)8-15(16)25-2)17(22)20-9-10-6-11(18)4-5-13(10)19/h4-8H,3,9H2,1-2H3,(H,20,22). The fourth-order valence-corrected chi connectivity index (χ4v) is 2.67. The number of halogens is 2. The molecule has 9 heteroatoms. The smallest absolute Gasteiger partial charge is 0.286 e. The molecule has 2 rings (SSSR count). The van der Waals surface area contributed by atoms with Crippen LogP contribution in [0, 0.1) is 15.9 Å². The van der Waals surface area contributed by atoms with Gasteiger partial charge in [-0.3, -0.25) is 14.9 Å². The Bertz CT molecular complexity index is 844. The lowest BCUT2D eigenvalue weighted by Gasteiger charge is -2.12. The molecule has 1 N–H and O–H groups in total. The van der Waals surface area contributed by atoms with Gasteiger partial charge in [-0.1, -0.05) is 15.9 Å². The first-order valence-electron chi connectivity index (χ1n) is 7.58. The molecule has 26 heavy (non-hydrogen) atoms. The molecule has 0 aromatic heterocycles. The summed E-state index contributed by atoms with van der Waals surface area (Å²) < 4.78 is 24.8. The summed E-state index contributed by atoms with van der Waals surface area (Å²) in [6, 6.07) is 6.67. The van der Waals surface area contributed by atoms with Crippen molar-refractivity contribution in [3.63, 3.8) is 0 Å². The van der Waals surface area contributed by atoms with Crippen LogP contribution in [0.1, 0.15) is 22.8 Å². The molecule has 1 amide bonds. The van der Waals surface area contributed by atoms with E-state index in [1.807, 2.05) is 0 Å². The lowest BCUT2D eigenvalue weighted by atomic mass is 10.1. The van der Waals surface area contributed by atoms with Gasteiger partial charge in [-0.15, -0.1) is 0 Å². The summed E-state index contributed by atoms with van der Waals surface area (Å²) in [7, 11) is 1.34. The number of rotatable bonds is 7. The Morgan fingerprint density at radius 3 is 2.65 bits per heavy atom. The van der Waals surface area contributed by atoms with Crippen LogP contribution in [0.15, 0.2) is 34.8 Å². The second-order valence-corrected chi connectivity index (χ2v) is 6.04. The zero-order valence-electron chi connectivity index (χ0n) is 14.0. The maximum atomic E-state index is 13.8. The molecule has 0 heterocycles. The molecule has 138 valence electrons. The number of nitro groups is 1. The average Bonchev–Trinajstić information content (AvgIpc) is 2.61. The molecule has 7 nitrogen and oxygen atoms in total. The van der Waals surface area contributed by atoms with Gasteiger partial charge < -0.3 is 14.8 Å². The molecule has 0 aliphatic heterocycles. The number of carbonyl (C=O) groups is 1. The van der Waals surface area contributed by atoms with Gasteiger partial charge in [-0.25, -0.2) is 4.39 Å². The van der Waals surface area contributed by atoms with Crippen LogP contribution in [0.25, 0.3) is 0 Å². The summed E-state index contributed by atoms with van der Waals surface area (Å²) in [5.41, 5.74) is -0.388. The van der Waals surface area contributed by atoms with E-state index in [1.165, 1.54) is 31.4 Å². The molecule has 0 unspecified atom stereocenters. The highest BCUT2D eigenvalue weighted by atomic mass is 79.9. The minimum atomic E-state index is -0.723. The van der Waals surface area contributed by atoms with Crippen molar-refractivity contribution in [3.05, 3.63) is 61.9 Å². The average molecular weight is 427 g/mol. The fraction of sp³-hybridized carbons (Fsp3) is 0.235. The Morgan fingerprint density at radius 2 is 2.04 bits per heavy atom. The number of methoxy groups -OCH3 is 1. The van der Waals surface area contributed by atoms with E-state index >= 15 is 0 Å². The van der Waals surface area contributed by atoms with Gasteiger partial charge in [0, 0.05) is 22.6 Å². The molecule has 0 bridgehead atoms. The van der Waals surface area contributed by atoms with Crippen LogP contribution in [-0.4, -0.2) is 24.5 Å². The molecular formula is C17H16BrFN2O5. The van der Waals surface area contributed by atoms with Crippen LogP contribution in [0.5, 0.6) is 11.5 Å². The summed E-state index contributed by atoms with van der Waals surface area (Å²) in [6.45, 7) is 1.90. The van der Waals surface area contributed by atoms with Crippen molar-refractivity contribution in [2.24, 2.45) is 0 Å². The third-order valence-corrected chi connectivity index (χ3v) is 3.96. The Hall–Kier alpha value is -2.68. The summed E-state index contributed by atoms with van der Waals surface area (Å²) in [5, 5.41) is 13.8. The fourth-order valence-electron chi connectivity index (χ4n) is 2.26. The topological polar surface area (TPSA) is 90.7 Å². The molecule has 0 spiro atoms. The lowest BCUT2D eigenvalue weighted by molar-refractivity contribution is -0.385. The molecule has 0 aliphatic rings. The Labute approximate surface area is 157 Å². The van der Waals surface area contributed by atoms with E-state index < -0.39 is 22.3 Å². The number of nitrogens with zero attached hydrogens (tertiary/aromatic N) is 1. The van der Waals surface area contributed by atoms with E-state index in [1.54, 1.807) is 6.92 Å². The summed E-state index contributed by atoms with van der Waals surface area (Å²) in [6.07, 6.45) is 0. The molecule has 0 saturated heterocycles. The van der Waals surface area contributed by atoms with Gasteiger partial charge in [-0.05, 0) is 25.1 Å². The second-order valence-electron chi connectivity index (χ2n) is 5.13. The van der Waals surface area contributed by atoms with Crippen LogP contribution >= 0.6 is 15.9 Å². The molecule has 2 aromatic rings. The molecule has 0 radical (unpaired) electrons. The number of ether oxygens (including phenoxy) is 2. The highest BCUT2D eigenvalue weighted by molar-refractivity contribution is 9.10. The summed E-state index contributed by atoms with van der Waals surface area (Å²) in [4.78, 5) is 23.1. The largest absolute Gasteiger partial charge is 0.493 e. The second kappa shape index (κ2) is 8.61. The number of hydrogen-bond acceptors (Lipinski definition) is 5. The zero-order chi connectivity index (χ0) is 19.3. The Balaban J connectivity index is 2.32. The minimum Gasteiger partial charge on any atom is -0.493 e. The van der Waals surface area contributed by atoms with Crippen LogP contribution in [-0.2, 0) is 6.54 Å². The highest BCUT2D eigenvalue weighted by Crippen LogP contribution is 2.34. The van der Waals surface area contributed by atoms with Crippen molar-refractivity contribution in [3.8, 4) is 11.5 Å². The SMILES string of the molecule is CCOc1cc(C(=O)NCc2cc(Br)ccc2F)c([N+](=O)[O-])cc1OC. The molecule has 0 aliphatic carbocycles. The maximum absolute atomic E-state index is 13.8. The number of hydrogen-bond donors (Lipinski definition) is 1. The third kappa shape index (κ3) is 4.48. The number of benzene rings is 2. The van der Waals surface area contributed by atoms with Gasteiger partial charge in [0.1, 0.15) is 11.4 Å². The van der Waals surface area contributed by atoms with Crippen LogP contribution < -0.4 is 14.8 Å². The first-order chi connectivity index (χ1) is 12.4. The highest BCUT2D eigenvalue weighted by Gasteiger charge is 2.24.